The minimum atomic E-state index is -0.325. The van der Waals surface area contributed by atoms with E-state index >= 15 is 0 Å². The van der Waals surface area contributed by atoms with Crippen molar-refractivity contribution in [2.24, 2.45) is 4.99 Å². The Hall–Kier alpha value is -3.27. The van der Waals surface area contributed by atoms with Gasteiger partial charge in [-0.1, -0.05) is 42.5 Å². The standard InChI is InChI=1S/C20H15FN2O/c21-16-8-6-7-15(13-16)14-22-19-12-5-4-11-18(19)20(24)23-17-9-2-1-3-10-17/h1-14H,(H,23,24). The number of benzene rings is 3. The number of para-hydroxylation sites is 2. The summed E-state index contributed by atoms with van der Waals surface area (Å²) in [6, 6.07) is 22.4. The van der Waals surface area contributed by atoms with Gasteiger partial charge in [-0.25, -0.2) is 4.39 Å². The van der Waals surface area contributed by atoms with E-state index in [0.29, 0.717) is 22.5 Å². The Morgan fingerprint density at radius 3 is 2.46 bits per heavy atom. The Morgan fingerprint density at radius 2 is 1.67 bits per heavy atom. The summed E-state index contributed by atoms with van der Waals surface area (Å²) in [6.07, 6.45) is 1.54. The van der Waals surface area contributed by atoms with E-state index in [2.05, 4.69) is 10.3 Å². The van der Waals surface area contributed by atoms with Crippen LogP contribution in [0.4, 0.5) is 15.8 Å². The summed E-state index contributed by atoms with van der Waals surface area (Å²) in [5, 5.41) is 2.83. The zero-order valence-electron chi connectivity index (χ0n) is 12.8. The van der Waals surface area contributed by atoms with Crippen LogP contribution in [-0.4, -0.2) is 12.1 Å². The number of carbonyl (C=O) groups is 1. The van der Waals surface area contributed by atoms with Crippen molar-refractivity contribution in [3.8, 4) is 0 Å². The van der Waals surface area contributed by atoms with Gasteiger partial charge >= 0.3 is 0 Å². The maximum Gasteiger partial charge on any atom is 0.257 e. The van der Waals surface area contributed by atoms with Crippen LogP contribution in [0.2, 0.25) is 0 Å². The van der Waals surface area contributed by atoms with Gasteiger partial charge in [-0.3, -0.25) is 9.79 Å². The number of hydrogen-bond donors (Lipinski definition) is 1. The summed E-state index contributed by atoms with van der Waals surface area (Å²) in [5.41, 5.74) is 2.32. The van der Waals surface area contributed by atoms with Gasteiger partial charge in [-0.15, -0.1) is 0 Å². The first-order valence-electron chi connectivity index (χ1n) is 7.47. The van der Waals surface area contributed by atoms with Gasteiger partial charge in [-0.05, 0) is 42.0 Å². The van der Waals surface area contributed by atoms with Crippen molar-refractivity contribution in [3.05, 3.63) is 95.8 Å². The molecule has 118 valence electrons. The zero-order chi connectivity index (χ0) is 16.8. The van der Waals surface area contributed by atoms with Crippen molar-refractivity contribution < 1.29 is 9.18 Å². The lowest BCUT2D eigenvalue weighted by molar-refractivity contribution is 0.102. The highest BCUT2D eigenvalue weighted by Crippen LogP contribution is 2.20. The monoisotopic (exact) mass is 318 g/mol. The highest BCUT2D eigenvalue weighted by atomic mass is 19.1. The number of carbonyl (C=O) groups excluding carboxylic acids is 1. The number of rotatable bonds is 4. The fourth-order valence-electron chi connectivity index (χ4n) is 2.23. The number of hydrogen-bond acceptors (Lipinski definition) is 2. The molecular weight excluding hydrogens is 303 g/mol. The third kappa shape index (κ3) is 3.93. The molecule has 0 saturated heterocycles. The summed E-state index contributed by atoms with van der Waals surface area (Å²) < 4.78 is 13.2. The lowest BCUT2D eigenvalue weighted by atomic mass is 10.1. The van der Waals surface area contributed by atoms with Gasteiger partial charge in [0.2, 0.25) is 0 Å². The molecule has 3 aromatic carbocycles. The molecule has 0 radical (unpaired) electrons. The van der Waals surface area contributed by atoms with E-state index in [0.717, 1.165) is 0 Å². The Bertz CT molecular complexity index is 876. The van der Waals surface area contributed by atoms with E-state index in [1.54, 1.807) is 36.4 Å². The van der Waals surface area contributed by atoms with E-state index in [9.17, 15) is 9.18 Å². The van der Waals surface area contributed by atoms with Crippen LogP contribution >= 0.6 is 0 Å². The number of nitrogens with one attached hydrogen (secondary N) is 1. The SMILES string of the molecule is O=C(Nc1ccccc1)c1ccccc1N=Cc1cccc(F)c1. The van der Waals surface area contributed by atoms with Gasteiger partial charge in [0.15, 0.2) is 0 Å². The molecule has 3 aromatic rings. The highest BCUT2D eigenvalue weighted by Gasteiger charge is 2.10. The molecule has 24 heavy (non-hydrogen) atoms. The van der Waals surface area contributed by atoms with E-state index in [1.807, 2.05) is 30.3 Å². The molecule has 0 unspecified atom stereocenters. The average Bonchev–Trinajstić information content (AvgIpc) is 2.61. The largest absolute Gasteiger partial charge is 0.322 e. The van der Waals surface area contributed by atoms with Crippen molar-refractivity contribution in [2.75, 3.05) is 5.32 Å². The highest BCUT2D eigenvalue weighted by molar-refractivity contribution is 6.08. The van der Waals surface area contributed by atoms with Gasteiger partial charge < -0.3 is 5.32 Å². The van der Waals surface area contributed by atoms with Crippen LogP contribution in [0.1, 0.15) is 15.9 Å². The van der Waals surface area contributed by atoms with E-state index < -0.39 is 0 Å². The van der Waals surface area contributed by atoms with Gasteiger partial charge in [0.1, 0.15) is 5.82 Å². The smallest absolute Gasteiger partial charge is 0.257 e. The van der Waals surface area contributed by atoms with Crippen LogP contribution < -0.4 is 5.32 Å². The van der Waals surface area contributed by atoms with Gasteiger partial charge in [0, 0.05) is 11.9 Å². The first-order chi connectivity index (χ1) is 11.7. The van der Waals surface area contributed by atoms with Crippen molar-refractivity contribution in [2.45, 2.75) is 0 Å². The summed E-state index contributed by atoms with van der Waals surface area (Å²) in [5.74, 6) is -0.567. The van der Waals surface area contributed by atoms with Crippen LogP contribution in [0, 0.1) is 5.82 Å². The number of aliphatic imine (C=N–C) groups is 1. The van der Waals surface area contributed by atoms with Crippen molar-refractivity contribution in [3.63, 3.8) is 0 Å². The van der Waals surface area contributed by atoms with Crippen LogP contribution in [0.15, 0.2) is 83.9 Å². The van der Waals surface area contributed by atoms with Crippen molar-refractivity contribution >= 4 is 23.5 Å². The molecule has 0 aromatic heterocycles. The van der Waals surface area contributed by atoms with Crippen LogP contribution in [-0.2, 0) is 0 Å². The molecule has 3 rings (SSSR count). The summed E-state index contributed by atoms with van der Waals surface area (Å²) in [6.45, 7) is 0. The predicted molar refractivity (Wildman–Crippen MR) is 94.5 cm³/mol. The normalized spacial score (nSPS) is 10.7. The molecule has 0 bridgehead atoms. The fourth-order valence-corrected chi connectivity index (χ4v) is 2.23. The molecule has 0 aliphatic carbocycles. The lowest BCUT2D eigenvalue weighted by Gasteiger charge is -2.07. The quantitative estimate of drug-likeness (QED) is 0.688. The number of anilines is 1. The Kier molecular flexibility index (Phi) is 4.77. The number of amides is 1. The van der Waals surface area contributed by atoms with E-state index in [4.69, 9.17) is 0 Å². The summed E-state index contributed by atoms with van der Waals surface area (Å²) >= 11 is 0. The molecule has 0 spiro atoms. The second-order valence-electron chi connectivity index (χ2n) is 5.15. The van der Waals surface area contributed by atoms with E-state index in [1.165, 1.54) is 18.3 Å². The fraction of sp³-hybridized carbons (Fsp3) is 0. The van der Waals surface area contributed by atoms with E-state index in [-0.39, 0.29) is 11.7 Å². The van der Waals surface area contributed by atoms with Crippen LogP contribution in [0.5, 0.6) is 0 Å². The third-order valence-corrected chi connectivity index (χ3v) is 3.38. The molecule has 0 heterocycles. The van der Waals surface area contributed by atoms with Gasteiger partial charge in [0.05, 0.1) is 11.3 Å². The molecule has 1 N–H and O–H groups in total. The number of nitrogens with zero attached hydrogens (tertiary/aromatic N) is 1. The molecule has 0 aliphatic rings. The summed E-state index contributed by atoms with van der Waals surface area (Å²) in [4.78, 5) is 16.8. The molecular formula is C20H15FN2O. The molecule has 0 saturated carbocycles. The minimum Gasteiger partial charge on any atom is -0.322 e. The topological polar surface area (TPSA) is 41.5 Å². The van der Waals surface area contributed by atoms with Crippen LogP contribution in [0.25, 0.3) is 0 Å². The first-order valence-corrected chi connectivity index (χ1v) is 7.47. The lowest BCUT2D eigenvalue weighted by Crippen LogP contribution is -2.11. The minimum absolute atomic E-state index is 0.242. The molecule has 0 atom stereocenters. The van der Waals surface area contributed by atoms with Gasteiger partial charge in [0.25, 0.3) is 5.91 Å². The second kappa shape index (κ2) is 7.33. The first kappa shape index (κ1) is 15.6. The van der Waals surface area contributed by atoms with Crippen molar-refractivity contribution in [1.29, 1.82) is 0 Å². The molecule has 4 heteroatoms. The van der Waals surface area contributed by atoms with Gasteiger partial charge in [-0.2, -0.15) is 0 Å². The molecule has 0 aliphatic heterocycles. The molecule has 1 amide bonds. The number of halogens is 1. The maximum atomic E-state index is 13.2. The Labute approximate surface area is 139 Å². The Morgan fingerprint density at radius 1 is 0.917 bits per heavy atom. The average molecular weight is 318 g/mol. The molecule has 3 nitrogen and oxygen atoms in total. The molecule has 0 fully saturated rings. The summed E-state index contributed by atoms with van der Waals surface area (Å²) in [7, 11) is 0. The zero-order valence-corrected chi connectivity index (χ0v) is 12.8. The van der Waals surface area contributed by atoms with Crippen LogP contribution in [0.3, 0.4) is 0 Å². The third-order valence-electron chi connectivity index (χ3n) is 3.38. The predicted octanol–water partition coefficient (Wildman–Crippen LogP) is 4.83. The second-order valence-corrected chi connectivity index (χ2v) is 5.15. The Balaban J connectivity index is 1.84. The van der Waals surface area contributed by atoms with Crippen molar-refractivity contribution in [1.82, 2.24) is 0 Å². The maximum absolute atomic E-state index is 13.2.